The van der Waals surface area contributed by atoms with Crippen molar-refractivity contribution in [2.24, 2.45) is 9.98 Å². The fourth-order valence-electron chi connectivity index (χ4n) is 3.84. The van der Waals surface area contributed by atoms with E-state index in [9.17, 15) is 0 Å². The van der Waals surface area contributed by atoms with Gasteiger partial charge < -0.3 is 4.74 Å². The molecule has 1 aliphatic rings. The molecule has 0 radical (unpaired) electrons. The van der Waals surface area contributed by atoms with Crippen LogP contribution in [0.1, 0.15) is 33.4 Å². The molecule has 6 heteroatoms. The average molecular weight is 513 g/mol. The van der Waals surface area contributed by atoms with Crippen molar-refractivity contribution in [3.05, 3.63) is 82.0 Å². The normalized spacial score (nSPS) is 18.2. The number of rotatable bonds is 4. The third kappa shape index (κ3) is 8.03. The Hall–Kier alpha value is -1.68. The molecule has 172 valence electrons. The molecule has 1 heterocycles. The summed E-state index contributed by atoms with van der Waals surface area (Å²) in [4.78, 5) is 9.46. The maximum atomic E-state index is 6.19. The van der Waals surface area contributed by atoms with Gasteiger partial charge in [-0.3, -0.25) is 9.98 Å². The van der Waals surface area contributed by atoms with E-state index < -0.39 is 0 Å². The molecule has 2 aromatic rings. The summed E-state index contributed by atoms with van der Waals surface area (Å²) in [5.41, 5.74) is 9.26. The molecule has 0 saturated carbocycles. The summed E-state index contributed by atoms with van der Waals surface area (Å²) in [6, 6.07) is 8.64. The molecule has 3 rings (SSSR count). The summed E-state index contributed by atoms with van der Waals surface area (Å²) in [5, 5.41) is 0. The molecule has 1 aliphatic heterocycles. The first kappa shape index (κ1) is 26.6. The molecule has 0 aromatic heterocycles. The Kier molecular flexibility index (Phi) is 10.9. The molecule has 0 aliphatic carbocycles. The first-order chi connectivity index (χ1) is 15.2. The minimum absolute atomic E-state index is 0.194. The topological polar surface area (TPSA) is 34.0 Å². The Morgan fingerprint density at radius 2 is 1.00 bits per heavy atom. The first-order valence-corrected chi connectivity index (χ1v) is 13.4. The standard InChI is InChI=1S/C26H30N2O.2ClH.Fe/c1-17-11-19(3)25(20(4)12-17)27-15-23-9-7-8-10-24(29-23)16-28-26-21(5)13-18(2)14-22(26)6;;;/h7-16,23-24H,1-6H3;2*1H;/q;;;+2/p-2. The van der Waals surface area contributed by atoms with Crippen LogP contribution in [0.25, 0.3) is 0 Å². The Morgan fingerprint density at radius 3 is 1.31 bits per heavy atom. The summed E-state index contributed by atoms with van der Waals surface area (Å²) in [6.07, 6.45) is 11.4. The van der Waals surface area contributed by atoms with E-state index in [-0.39, 0.29) is 25.3 Å². The van der Waals surface area contributed by atoms with Crippen molar-refractivity contribution in [2.75, 3.05) is 0 Å². The zero-order chi connectivity index (χ0) is 23.7. The second-order valence-corrected chi connectivity index (χ2v) is 9.76. The van der Waals surface area contributed by atoms with Gasteiger partial charge in [0.15, 0.2) is 0 Å². The predicted molar refractivity (Wildman–Crippen MR) is 136 cm³/mol. The van der Waals surface area contributed by atoms with E-state index in [2.05, 4.69) is 65.8 Å². The molecule has 2 aromatic carbocycles. The van der Waals surface area contributed by atoms with Gasteiger partial charge in [0.25, 0.3) is 0 Å². The molecular formula is C26H30Cl2FeN2O. The van der Waals surface area contributed by atoms with Gasteiger partial charge in [-0.1, -0.05) is 59.7 Å². The average Bonchev–Trinajstić information content (AvgIpc) is 2.92. The molecule has 0 spiro atoms. The van der Waals surface area contributed by atoms with Crippen LogP contribution in [-0.4, -0.2) is 24.6 Å². The van der Waals surface area contributed by atoms with E-state index in [1.54, 1.807) is 0 Å². The quantitative estimate of drug-likeness (QED) is 0.302. The number of ether oxygens (including phenoxy) is 1. The van der Waals surface area contributed by atoms with Crippen LogP contribution in [-0.2, 0) is 17.9 Å². The van der Waals surface area contributed by atoms with Crippen molar-refractivity contribution >= 4 is 44.0 Å². The molecule has 0 fully saturated rings. The molecular weight excluding hydrogens is 483 g/mol. The molecule has 0 N–H and O–H groups in total. The van der Waals surface area contributed by atoms with Crippen molar-refractivity contribution in [1.82, 2.24) is 0 Å². The number of halogens is 2. The van der Waals surface area contributed by atoms with Crippen LogP contribution in [0, 0.1) is 41.5 Å². The van der Waals surface area contributed by atoms with Crippen LogP contribution in [0.5, 0.6) is 0 Å². The zero-order valence-electron chi connectivity index (χ0n) is 19.3. The Balaban J connectivity index is 0.00000114. The van der Waals surface area contributed by atoms with Crippen molar-refractivity contribution in [3.63, 3.8) is 0 Å². The number of nitrogens with zero attached hydrogens (tertiary/aromatic N) is 2. The van der Waals surface area contributed by atoms with Gasteiger partial charge in [-0.15, -0.1) is 0 Å². The first-order valence-electron chi connectivity index (χ1n) is 10.3. The Labute approximate surface area is 206 Å². The summed E-state index contributed by atoms with van der Waals surface area (Å²) < 4.78 is 6.19. The van der Waals surface area contributed by atoms with Gasteiger partial charge in [-0.2, -0.15) is 0 Å². The fourth-order valence-corrected chi connectivity index (χ4v) is 3.84. The van der Waals surface area contributed by atoms with E-state index in [1.165, 1.54) is 33.4 Å². The van der Waals surface area contributed by atoms with Gasteiger partial charge in [0.05, 0.1) is 11.4 Å². The summed E-state index contributed by atoms with van der Waals surface area (Å²) in [6.45, 7) is 12.6. The number of hydrogen-bond acceptors (Lipinski definition) is 3. The van der Waals surface area contributed by atoms with Gasteiger partial charge >= 0.3 is 33.3 Å². The van der Waals surface area contributed by atoms with Gasteiger partial charge in [0.2, 0.25) is 0 Å². The third-order valence-corrected chi connectivity index (χ3v) is 5.00. The number of aliphatic imine (C=N–C) groups is 2. The van der Waals surface area contributed by atoms with E-state index in [0.29, 0.717) is 0 Å². The molecule has 0 bridgehead atoms. The van der Waals surface area contributed by atoms with Crippen molar-refractivity contribution in [2.45, 2.75) is 53.8 Å². The van der Waals surface area contributed by atoms with E-state index in [4.69, 9.17) is 34.9 Å². The number of hydrogen-bond donors (Lipinski definition) is 0. The van der Waals surface area contributed by atoms with Crippen molar-refractivity contribution < 1.29 is 17.9 Å². The monoisotopic (exact) mass is 512 g/mol. The van der Waals surface area contributed by atoms with Crippen LogP contribution in [0.2, 0.25) is 0 Å². The fraction of sp³-hybridized carbons (Fsp3) is 0.308. The SMILES string of the molecule is Cc1cc(C)c(N=CC2C=CC=CC(C=Nc3c(C)cc(C)cc3C)O2)c(C)c1.[Cl][Fe][Cl]. The van der Waals surface area contributed by atoms with Gasteiger partial charge in [0.1, 0.15) is 12.2 Å². The number of allylic oxidation sites excluding steroid dienone is 2. The predicted octanol–water partition coefficient (Wildman–Crippen LogP) is 7.90. The number of benzene rings is 2. The summed E-state index contributed by atoms with van der Waals surface area (Å²) >= 11 is 0.194. The Bertz CT molecular complexity index is 917. The van der Waals surface area contributed by atoms with Crippen LogP contribution in [0.3, 0.4) is 0 Å². The third-order valence-electron chi connectivity index (χ3n) is 5.00. The van der Waals surface area contributed by atoms with E-state index in [0.717, 1.165) is 11.4 Å². The second kappa shape index (κ2) is 13.1. The van der Waals surface area contributed by atoms with Crippen LogP contribution in [0.15, 0.2) is 58.6 Å². The minimum atomic E-state index is -0.207. The van der Waals surface area contributed by atoms with Crippen molar-refractivity contribution in [1.29, 1.82) is 0 Å². The summed E-state index contributed by atoms with van der Waals surface area (Å²) in [5.74, 6) is 0. The molecule has 0 amide bonds. The van der Waals surface area contributed by atoms with Crippen molar-refractivity contribution in [3.8, 4) is 0 Å². The molecule has 3 nitrogen and oxygen atoms in total. The van der Waals surface area contributed by atoms with Crippen LogP contribution < -0.4 is 0 Å². The second-order valence-electron chi connectivity index (χ2n) is 7.94. The molecule has 32 heavy (non-hydrogen) atoms. The maximum absolute atomic E-state index is 6.19. The van der Waals surface area contributed by atoms with E-state index >= 15 is 0 Å². The van der Waals surface area contributed by atoms with Gasteiger partial charge in [0, 0.05) is 12.4 Å². The van der Waals surface area contributed by atoms with E-state index in [1.807, 2.05) is 36.7 Å². The van der Waals surface area contributed by atoms with Crippen LogP contribution >= 0.6 is 20.2 Å². The molecule has 2 unspecified atom stereocenters. The zero-order valence-corrected chi connectivity index (χ0v) is 22.0. The summed E-state index contributed by atoms with van der Waals surface area (Å²) in [7, 11) is 9.53. The number of aryl methyl sites for hydroxylation is 6. The van der Waals surface area contributed by atoms with Gasteiger partial charge in [-0.25, -0.2) is 0 Å². The molecule has 0 saturated heterocycles. The van der Waals surface area contributed by atoms with Crippen LogP contribution in [0.4, 0.5) is 11.4 Å². The molecule has 2 atom stereocenters. The Morgan fingerprint density at radius 1 is 0.688 bits per heavy atom. The van der Waals surface area contributed by atoms with Gasteiger partial charge in [-0.05, 0) is 63.8 Å².